The maximum atomic E-state index is 5.95. The number of aromatic nitrogens is 4. The van der Waals surface area contributed by atoms with Gasteiger partial charge in [-0.2, -0.15) is 5.10 Å². The smallest absolute Gasteiger partial charge is 0.163 e. The van der Waals surface area contributed by atoms with Crippen LogP contribution in [0.2, 0.25) is 5.02 Å². The molecule has 0 unspecified atom stereocenters. The van der Waals surface area contributed by atoms with Crippen LogP contribution in [-0.4, -0.2) is 26.8 Å². The molecule has 1 aromatic carbocycles. The summed E-state index contributed by atoms with van der Waals surface area (Å²) in [6.45, 7) is 2.13. The zero-order valence-electron chi connectivity index (χ0n) is 12.2. The summed E-state index contributed by atoms with van der Waals surface area (Å²) in [7, 11) is 3.90. The van der Waals surface area contributed by atoms with E-state index in [1.54, 1.807) is 17.2 Å². The molecule has 0 aliphatic rings. The fourth-order valence-electron chi connectivity index (χ4n) is 2.38. The molecule has 0 fully saturated rings. The number of benzene rings is 1. The van der Waals surface area contributed by atoms with Crippen LogP contribution in [-0.2, 0) is 7.05 Å². The van der Waals surface area contributed by atoms with E-state index < -0.39 is 0 Å². The lowest BCUT2D eigenvalue weighted by Crippen LogP contribution is -2.22. The molecule has 0 saturated heterocycles. The van der Waals surface area contributed by atoms with Crippen LogP contribution in [0.25, 0.3) is 11.0 Å². The molecule has 0 aliphatic carbocycles. The fraction of sp³-hybridized carbons (Fsp3) is 0.267. The van der Waals surface area contributed by atoms with Crippen molar-refractivity contribution in [2.45, 2.75) is 13.0 Å². The third-order valence-electron chi connectivity index (χ3n) is 3.78. The van der Waals surface area contributed by atoms with Crippen LogP contribution in [0.4, 0.5) is 5.82 Å². The molecule has 0 N–H and O–H groups in total. The van der Waals surface area contributed by atoms with Crippen molar-refractivity contribution in [1.29, 1.82) is 0 Å². The van der Waals surface area contributed by atoms with Gasteiger partial charge in [0.25, 0.3) is 0 Å². The van der Waals surface area contributed by atoms with Gasteiger partial charge in [0, 0.05) is 19.1 Å². The highest BCUT2D eigenvalue weighted by molar-refractivity contribution is 6.30. The maximum Gasteiger partial charge on any atom is 0.163 e. The molecule has 108 valence electrons. The van der Waals surface area contributed by atoms with E-state index in [-0.39, 0.29) is 6.04 Å². The van der Waals surface area contributed by atoms with Gasteiger partial charge in [0.05, 0.1) is 17.6 Å². The second-order valence-corrected chi connectivity index (χ2v) is 5.48. The molecule has 0 saturated carbocycles. The third kappa shape index (κ3) is 2.45. The summed E-state index contributed by atoms with van der Waals surface area (Å²) in [5.41, 5.74) is 2.01. The van der Waals surface area contributed by atoms with Gasteiger partial charge in [0.1, 0.15) is 12.1 Å². The zero-order valence-corrected chi connectivity index (χ0v) is 12.9. The van der Waals surface area contributed by atoms with Crippen LogP contribution >= 0.6 is 11.6 Å². The summed E-state index contributed by atoms with van der Waals surface area (Å²) >= 11 is 5.95. The van der Waals surface area contributed by atoms with Crippen molar-refractivity contribution in [2.24, 2.45) is 7.05 Å². The van der Waals surface area contributed by atoms with Crippen molar-refractivity contribution in [3.05, 3.63) is 47.4 Å². The predicted octanol–water partition coefficient (Wildman–Crippen LogP) is 3.21. The van der Waals surface area contributed by atoms with E-state index >= 15 is 0 Å². The Morgan fingerprint density at radius 2 is 1.90 bits per heavy atom. The van der Waals surface area contributed by atoms with E-state index in [2.05, 4.69) is 26.9 Å². The minimum absolute atomic E-state index is 0.167. The average Bonchev–Trinajstić information content (AvgIpc) is 2.88. The average molecular weight is 302 g/mol. The molecular formula is C15H16ClN5. The molecule has 0 bridgehead atoms. The Kier molecular flexibility index (Phi) is 3.51. The van der Waals surface area contributed by atoms with Gasteiger partial charge in [0.15, 0.2) is 5.65 Å². The molecule has 3 rings (SSSR count). The minimum atomic E-state index is 0.167. The number of halogens is 1. The van der Waals surface area contributed by atoms with Crippen LogP contribution in [0.5, 0.6) is 0 Å². The van der Waals surface area contributed by atoms with E-state index in [0.29, 0.717) is 0 Å². The van der Waals surface area contributed by atoms with Gasteiger partial charge in [-0.15, -0.1) is 0 Å². The van der Waals surface area contributed by atoms with Crippen LogP contribution in [0.15, 0.2) is 36.8 Å². The van der Waals surface area contributed by atoms with Gasteiger partial charge in [-0.05, 0) is 24.6 Å². The predicted molar refractivity (Wildman–Crippen MR) is 84.6 cm³/mol. The monoisotopic (exact) mass is 301 g/mol. The Labute approximate surface area is 128 Å². The first kappa shape index (κ1) is 13.8. The molecule has 0 amide bonds. The topological polar surface area (TPSA) is 46.8 Å². The summed E-state index contributed by atoms with van der Waals surface area (Å²) < 4.78 is 1.75. The quantitative estimate of drug-likeness (QED) is 0.745. The zero-order chi connectivity index (χ0) is 15.0. The van der Waals surface area contributed by atoms with E-state index in [1.165, 1.54) is 5.56 Å². The lowest BCUT2D eigenvalue weighted by atomic mass is 10.1. The first-order valence-corrected chi connectivity index (χ1v) is 7.06. The van der Waals surface area contributed by atoms with Crippen molar-refractivity contribution < 1.29 is 0 Å². The highest BCUT2D eigenvalue weighted by Gasteiger charge is 2.17. The van der Waals surface area contributed by atoms with E-state index in [9.17, 15) is 0 Å². The molecule has 3 aromatic rings. The number of anilines is 1. The fourth-order valence-corrected chi connectivity index (χ4v) is 2.51. The van der Waals surface area contributed by atoms with Crippen molar-refractivity contribution in [1.82, 2.24) is 19.7 Å². The van der Waals surface area contributed by atoms with Crippen molar-refractivity contribution >= 4 is 28.5 Å². The van der Waals surface area contributed by atoms with Crippen molar-refractivity contribution in [2.75, 3.05) is 11.9 Å². The van der Waals surface area contributed by atoms with Crippen molar-refractivity contribution in [3.8, 4) is 0 Å². The summed E-state index contributed by atoms with van der Waals surface area (Å²) in [6.07, 6.45) is 3.38. The Morgan fingerprint density at radius 3 is 2.62 bits per heavy atom. The Morgan fingerprint density at radius 1 is 1.19 bits per heavy atom. The number of hydrogen-bond acceptors (Lipinski definition) is 4. The molecule has 0 spiro atoms. The molecule has 5 nitrogen and oxygen atoms in total. The normalized spacial score (nSPS) is 12.6. The van der Waals surface area contributed by atoms with Gasteiger partial charge in [-0.3, -0.25) is 4.68 Å². The molecule has 2 heterocycles. The summed E-state index contributed by atoms with van der Waals surface area (Å²) in [6, 6.07) is 8.04. The van der Waals surface area contributed by atoms with Crippen LogP contribution in [0.3, 0.4) is 0 Å². The lowest BCUT2D eigenvalue weighted by molar-refractivity contribution is 0.730. The van der Waals surface area contributed by atoms with Gasteiger partial charge < -0.3 is 4.90 Å². The van der Waals surface area contributed by atoms with Crippen LogP contribution < -0.4 is 4.90 Å². The summed E-state index contributed by atoms with van der Waals surface area (Å²) in [5.74, 6) is 0.871. The number of hydrogen-bond donors (Lipinski definition) is 0. The third-order valence-corrected chi connectivity index (χ3v) is 4.03. The van der Waals surface area contributed by atoms with Gasteiger partial charge >= 0.3 is 0 Å². The van der Waals surface area contributed by atoms with Crippen molar-refractivity contribution in [3.63, 3.8) is 0 Å². The first-order chi connectivity index (χ1) is 10.1. The van der Waals surface area contributed by atoms with Gasteiger partial charge in [-0.25, -0.2) is 9.97 Å². The van der Waals surface area contributed by atoms with E-state index in [1.807, 2.05) is 38.4 Å². The lowest BCUT2D eigenvalue weighted by Gasteiger charge is -2.26. The van der Waals surface area contributed by atoms with Crippen LogP contribution in [0, 0.1) is 0 Å². The Bertz CT molecular complexity index is 765. The molecule has 0 aliphatic heterocycles. The van der Waals surface area contributed by atoms with E-state index in [4.69, 9.17) is 11.6 Å². The van der Waals surface area contributed by atoms with E-state index in [0.717, 1.165) is 21.9 Å². The highest BCUT2D eigenvalue weighted by Crippen LogP contribution is 2.29. The molecule has 21 heavy (non-hydrogen) atoms. The Hall–Kier alpha value is -2.14. The molecule has 6 heteroatoms. The second-order valence-electron chi connectivity index (χ2n) is 5.04. The Balaban J connectivity index is 2.00. The minimum Gasteiger partial charge on any atom is -0.352 e. The molecular weight excluding hydrogens is 286 g/mol. The molecule has 2 aromatic heterocycles. The molecule has 0 radical (unpaired) electrons. The first-order valence-electron chi connectivity index (χ1n) is 6.69. The number of nitrogens with zero attached hydrogens (tertiary/aromatic N) is 5. The maximum absolute atomic E-state index is 5.95. The number of rotatable bonds is 3. The highest BCUT2D eigenvalue weighted by atomic mass is 35.5. The summed E-state index contributed by atoms with van der Waals surface area (Å²) in [5, 5.41) is 5.94. The largest absolute Gasteiger partial charge is 0.352 e. The standard InChI is InChI=1S/C15H16ClN5/c1-10(11-4-6-12(16)7-5-11)20(2)14-13-8-19-21(3)15(13)18-9-17-14/h4-10H,1-3H3/t10-/m1/s1. The number of fused-ring (bicyclic) bond motifs is 1. The van der Waals surface area contributed by atoms with Crippen LogP contribution in [0.1, 0.15) is 18.5 Å². The second kappa shape index (κ2) is 5.33. The molecule has 1 atom stereocenters. The summed E-state index contributed by atoms with van der Waals surface area (Å²) in [4.78, 5) is 10.8. The van der Waals surface area contributed by atoms with Gasteiger partial charge in [0.2, 0.25) is 0 Å². The number of aryl methyl sites for hydroxylation is 1. The van der Waals surface area contributed by atoms with Gasteiger partial charge in [-0.1, -0.05) is 23.7 Å². The SMILES string of the molecule is C[C@H](c1ccc(Cl)cc1)N(C)c1ncnc2c1cnn2C.